The first-order chi connectivity index (χ1) is 9.24. The fourth-order valence-electron chi connectivity index (χ4n) is 2.13. The fourth-order valence-corrected chi connectivity index (χ4v) is 3.31. The zero-order valence-corrected chi connectivity index (χ0v) is 12.7. The summed E-state index contributed by atoms with van der Waals surface area (Å²) in [6, 6.07) is 0. The van der Waals surface area contributed by atoms with E-state index >= 15 is 0 Å². The van der Waals surface area contributed by atoms with E-state index in [0.717, 1.165) is 24.9 Å². The normalized spacial score (nSPS) is 20.7. The van der Waals surface area contributed by atoms with Crippen molar-refractivity contribution in [2.24, 2.45) is 12.0 Å². The average Bonchev–Trinajstić information content (AvgIpc) is 2.85. The maximum atomic E-state index is 4.37. The second-order valence-electron chi connectivity index (χ2n) is 4.55. The molecule has 0 saturated carbocycles. The van der Waals surface area contributed by atoms with E-state index in [1.54, 1.807) is 11.0 Å². The molecule has 106 valence electrons. The van der Waals surface area contributed by atoms with Crippen LogP contribution in [0.15, 0.2) is 11.3 Å². The molecular formula is C12H22N6S. The molecule has 1 fully saturated rings. The van der Waals surface area contributed by atoms with Gasteiger partial charge in [0.15, 0.2) is 5.96 Å². The lowest BCUT2D eigenvalue weighted by molar-refractivity contribution is 0.407. The van der Waals surface area contributed by atoms with Crippen LogP contribution in [0, 0.1) is 0 Å². The van der Waals surface area contributed by atoms with Crippen LogP contribution < -0.4 is 5.32 Å². The summed E-state index contributed by atoms with van der Waals surface area (Å²) in [5.41, 5.74) is 0. The van der Waals surface area contributed by atoms with Gasteiger partial charge < -0.3 is 10.2 Å². The van der Waals surface area contributed by atoms with Crippen LogP contribution in [0.25, 0.3) is 0 Å². The molecule has 0 bridgehead atoms. The third kappa shape index (κ3) is 3.62. The third-order valence-electron chi connectivity index (χ3n) is 3.32. The van der Waals surface area contributed by atoms with Crippen LogP contribution in [-0.2, 0) is 13.6 Å². The Labute approximate surface area is 118 Å². The maximum absolute atomic E-state index is 4.37. The van der Waals surface area contributed by atoms with Crippen molar-refractivity contribution >= 4 is 17.7 Å². The van der Waals surface area contributed by atoms with Crippen molar-refractivity contribution in [3.8, 4) is 0 Å². The number of rotatable bonds is 3. The third-order valence-corrected chi connectivity index (χ3v) is 4.69. The highest BCUT2D eigenvalue weighted by Gasteiger charge is 2.21. The molecule has 0 amide bonds. The first kappa shape index (κ1) is 14.2. The van der Waals surface area contributed by atoms with Crippen LogP contribution >= 0.6 is 11.8 Å². The number of nitrogens with one attached hydrogen (secondary N) is 1. The van der Waals surface area contributed by atoms with E-state index in [2.05, 4.69) is 44.0 Å². The van der Waals surface area contributed by atoms with Crippen LogP contribution in [-0.4, -0.2) is 56.8 Å². The maximum Gasteiger partial charge on any atom is 0.194 e. The quantitative estimate of drug-likeness (QED) is 0.654. The first-order valence-electron chi connectivity index (χ1n) is 6.64. The van der Waals surface area contributed by atoms with Crippen LogP contribution in [0.5, 0.6) is 0 Å². The van der Waals surface area contributed by atoms with E-state index in [1.165, 1.54) is 12.2 Å². The van der Waals surface area contributed by atoms with Gasteiger partial charge in [0.1, 0.15) is 12.2 Å². The Kier molecular flexibility index (Phi) is 5.07. The molecule has 1 aromatic rings. The molecule has 1 atom stereocenters. The van der Waals surface area contributed by atoms with Gasteiger partial charge >= 0.3 is 0 Å². The molecule has 0 aliphatic carbocycles. The molecule has 7 heteroatoms. The summed E-state index contributed by atoms with van der Waals surface area (Å²) in [7, 11) is 3.74. The van der Waals surface area contributed by atoms with Crippen LogP contribution in [0.3, 0.4) is 0 Å². The first-order valence-corrected chi connectivity index (χ1v) is 7.69. The zero-order valence-electron chi connectivity index (χ0n) is 11.8. The lowest BCUT2D eigenvalue weighted by Crippen LogP contribution is -2.47. The Bertz CT molecular complexity index is 430. The molecule has 1 saturated heterocycles. The lowest BCUT2D eigenvalue weighted by Gasteiger charge is -2.34. The highest BCUT2D eigenvalue weighted by molar-refractivity contribution is 8.00. The number of nitrogens with zero attached hydrogens (tertiary/aromatic N) is 5. The second-order valence-corrected chi connectivity index (χ2v) is 5.96. The van der Waals surface area contributed by atoms with Gasteiger partial charge in [-0.3, -0.25) is 9.67 Å². The molecule has 19 heavy (non-hydrogen) atoms. The number of aliphatic imine (C=N–C) groups is 1. The summed E-state index contributed by atoms with van der Waals surface area (Å²) in [6.07, 6.45) is 2.78. The van der Waals surface area contributed by atoms with Gasteiger partial charge in [-0.2, -0.15) is 16.9 Å². The molecule has 2 rings (SSSR count). The molecule has 1 aromatic heterocycles. The second kappa shape index (κ2) is 6.79. The molecule has 1 N–H and O–H groups in total. The Hall–Kier alpha value is -1.24. The molecule has 1 aliphatic rings. The zero-order chi connectivity index (χ0) is 13.7. The standard InChI is InChI=1S/C12H22N6S/c1-4-10-8-18(5-6-19-10)12(13-2)14-7-11-15-9-16-17(11)3/h9-10H,4-8H2,1-3H3,(H,13,14). The number of hydrogen-bond donors (Lipinski definition) is 1. The van der Waals surface area contributed by atoms with Gasteiger partial charge in [0.05, 0.1) is 6.54 Å². The van der Waals surface area contributed by atoms with Crippen LogP contribution in [0.2, 0.25) is 0 Å². The van der Waals surface area contributed by atoms with Gasteiger partial charge in [0.25, 0.3) is 0 Å². The summed E-state index contributed by atoms with van der Waals surface area (Å²) in [4.78, 5) is 10.9. The van der Waals surface area contributed by atoms with Crippen LogP contribution in [0.4, 0.5) is 0 Å². The highest BCUT2D eigenvalue weighted by Crippen LogP contribution is 2.20. The fraction of sp³-hybridized carbons (Fsp3) is 0.750. The van der Waals surface area contributed by atoms with E-state index in [1.807, 2.05) is 14.1 Å². The topological polar surface area (TPSA) is 58.3 Å². The van der Waals surface area contributed by atoms with Gasteiger partial charge in [0.2, 0.25) is 0 Å². The molecule has 2 heterocycles. The SMILES string of the molecule is CCC1CN(C(=NC)NCc2ncnn2C)CCS1. The molecule has 0 spiro atoms. The van der Waals surface area contributed by atoms with Gasteiger partial charge in [-0.1, -0.05) is 6.92 Å². The number of hydrogen-bond acceptors (Lipinski definition) is 4. The number of thioether (sulfide) groups is 1. The highest BCUT2D eigenvalue weighted by atomic mass is 32.2. The number of aryl methyl sites for hydroxylation is 1. The number of guanidine groups is 1. The van der Waals surface area contributed by atoms with E-state index in [-0.39, 0.29) is 0 Å². The predicted octanol–water partition coefficient (Wildman–Crippen LogP) is 0.718. The minimum absolute atomic E-state index is 0.656. The molecule has 0 aromatic carbocycles. The van der Waals surface area contributed by atoms with Crippen molar-refractivity contribution in [1.29, 1.82) is 0 Å². The van der Waals surface area contributed by atoms with Crippen molar-refractivity contribution in [2.45, 2.75) is 25.1 Å². The van der Waals surface area contributed by atoms with Crippen molar-refractivity contribution in [3.05, 3.63) is 12.2 Å². The molecule has 1 aliphatic heterocycles. The van der Waals surface area contributed by atoms with Gasteiger partial charge in [-0.15, -0.1) is 0 Å². The summed E-state index contributed by atoms with van der Waals surface area (Å²) < 4.78 is 1.78. The van der Waals surface area contributed by atoms with Crippen LogP contribution in [0.1, 0.15) is 19.2 Å². The summed E-state index contributed by atoms with van der Waals surface area (Å²) in [5, 5.41) is 8.15. The van der Waals surface area contributed by atoms with E-state index in [9.17, 15) is 0 Å². The molecule has 1 unspecified atom stereocenters. The van der Waals surface area contributed by atoms with Gasteiger partial charge in [-0.25, -0.2) is 4.98 Å². The minimum atomic E-state index is 0.656. The Morgan fingerprint density at radius 2 is 2.47 bits per heavy atom. The lowest BCUT2D eigenvalue weighted by atomic mass is 10.3. The summed E-state index contributed by atoms with van der Waals surface area (Å²) in [6.45, 7) is 5.03. The van der Waals surface area contributed by atoms with Gasteiger partial charge in [-0.05, 0) is 6.42 Å². The van der Waals surface area contributed by atoms with E-state index in [0.29, 0.717) is 11.8 Å². The van der Waals surface area contributed by atoms with Crippen molar-refractivity contribution < 1.29 is 0 Å². The average molecular weight is 282 g/mol. The van der Waals surface area contributed by atoms with E-state index < -0.39 is 0 Å². The molecule has 6 nitrogen and oxygen atoms in total. The van der Waals surface area contributed by atoms with Crippen molar-refractivity contribution in [3.63, 3.8) is 0 Å². The predicted molar refractivity (Wildman–Crippen MR) is 79.3 cm³/mol. The Balaban J connectivity index is 1.91. The summed E-state index contributed by atoms with van der Waals surface area (Å²) in [5.74, 6) is 3.05. The monoisotopic (exact) mass is 282 g/mol. The Morgan fingerprint density at radius 3 is 3.11 bits per heavy atom. The smallest absolute Gasteiger partial charge is 0.194 e. The molecule has 0 radical (unpaired) electrons. The van der Waals surface area contributed by atoms with E-state index in [4.69, 9.17) is 0 Å². The summed E-state index contributed by atoms with van der Waals surface area (Å²) >= 11 is 2.06. The molecular weight excluding hydrogens is 260 g/mol. The van der Waals surface area contributed by atoms with Gasteiger partial charge in [0, 0.05) is 38.2 Å². The largest absolute Gasteiger partial charge is 0.349 e. The van der Waals surface area contributed by atoms with Crippen molar-refractivity contribution in [1.82, 2.24) is 25.0 Å². The van der Waals surface area contributed by atoms with Crippen molar-refractivity contribution in [2.75, 3.05) is 25.9 Å². The Morgan fingerprint density at radius 1 is 1.63 bits per heavy atom. The number of aromatic nitrogens is 3. The minimum Gasteiger partial charge on any atom is -0.349 e.